The van der Waals surface area contributed by atoms with Crippen molar-refractivity contribution < 1.29 is 0 Å². The summed E-state index contributed by atoms with van der Waals surface area (Å²) in [6.07, 6.45) is 0. The molecule has 0 aliphatic rings. The van der Waals surface area contributed by atoms with Crippen LogP contribution in [0.4, 0.5) is 0 Å². The number of aromatic nitrogens is 1. The third-order valence-electron chi connectivity index (χ3n) is 1.50. The Morgan fingerprint density at radius 1 is 1.92 bits per heavy atom. The standard InChI is InChI=1S/C8H11ClN2S/c1-6(9)3-10-7(2)8-4-12-5-11-8/h4-5,7,10H,1,3H2,2H3. The van der Waals surface area contributed by atoms with Crippen LogP contribution >= 0.6 is 22.9 Å². The summed E-state index contributed by atoms with van der Waals surface area (Å²) >= 11 is 7.20. The van der Waals surface area contributed by atoms with Crippen LogP contribution in [0.5, 0.6) is 0 Å². The van der Waals surface area contributed by atoms with Gasteiger partial charge in [0.25, 0.3) is 0 Å². The van der Waals surface area contributed by atoms with Gasteiger partial charge < -0.3 is 5.32 Å². The van der Waals surface area contributed by atoms with E-state index in [2.05, 4.69) is 23.8 Å². The minimum atomic E-state index is 0.242. The molecule has 0 amide bonds. The fraction of sp³-hybridized carbons (Fsp3) is 0.375. The Labute approximate surface area is 81.3 Å². The molecule has 1 heterocycles. The van der Waals surface area contributed by atoms with Gasteiger partial charge in [0, 0.05) is 23.0 Å². The first-order valence-electron chi connectivity index (χ1n) is 3.65. The summed E-state index contributed by atoms with van der Waals surface area (Å²) in [7, 11) is 0. The molecule has 1 unspecified atom stereocenters. The van der Waals surface area contributed by atoms with E-state index in [9.17, 15) is 0 Å². The molecule has 66 valence electrons. The molecule has 4 heteroatoms. The largest absolute Gasteiger partial charge is 0.304 e. The van der Waals surface area contributed by atoms with Crippen LogP contribution in [0.1, 0.15) is 18.7 Å². The van der Waals surface area contributed by atoms with Gasteiger partial charge >= 0.3 is 0 Å². The highest BCUT2D eigenvalue weighted by Crippen LogP contribution is 2.11. The first kappa shape index (κ1) is 9.71. The highest BCUT2D eigenvalue weighted by atomic mass is 35.5. The van der Waals surface area contributed by atoms with E-state index in [1.807, 2.05) is 10.9 Å². The highest BCUT2D eigenvalue weighted by molar-refractivity contribution is 7.07. The predicted molar refractivity (Wildman–Crippen MR) is 53.5 cm³/mol. The van der Waals surface area contributed by atoms with Crippen molar-refractivity contribution in [2.24, 2.45) is 0 Å². The van der Waals surface area contributed by atoms with E-state index in [-0.39, 0.29) is 6.04 Å². The van der Waals surface area contributed by atoms with Crippen molar-refractivity contribution in [3.63, 3.8) is 0 Å². The summed E-state index contributed by atoms with van der Waals surface area (Å²) in [4.78, 5) is 4.18. The van der Waals surface area contributed by atoms with Gasteiger partial charge in [-0.05, 0) is 6.92 Å². The maximum absolute atomic E-state index is 5.61. The molecule has 1 rings (SSSR count). The molecule has 0 aliphatic carbocycles. The fourth-order valence-electron chi connectivity index (χ4n) is 0.804. The zero-order valence-corrected chi connectivity index (χ0v) is 8.45. The van der Waals surface area contributed by atoms with Gasteiger partial charge in [0.2, 0.25) is 0 Å². The molecule has 2 nitrogen and oxygen atoms in total. The van der Waals surface area contributed by atoms with Crippen LogP contribution in [-0.2, 0) is 0 Å². The third kappa shape index (κ3) is 2.93. The molecule has 0 fully saturated rings. The van der Waals surface area contributed by atoms with Crippen LogP contribution in [0.15, 0.2) is 22.5 Å². The molecule has 1 N–H and O–H groups in total. The van der Waals surface area contributed by atoms with Gasteiger partial charge in [-0.1, -0.05) is 18.2 Å². The Bertz CT molecular complexity index is 246. The van der Waals surface area contributed by atoms with E-state index in [1.165, 1.54) is 0 Å². The van der Waals surface area contributed by atoms with Crippen molar-refractivity contribution in [1.29, 1.82) is 0 Å². The van der Waals surface area contributed by atoms with E-state index in [0.717, 1.165) is 5.69 Å². The number of hydrogen-bond acceptors (Lipinski definition) is 3. The number of nitrogens with one attached hydrogen (secondary N) is 1. The number of thiazole rings is 1. The van der Waals surface area contributed by atoms with E-state index in [4.69, 9.17) is 11.6 Å². The van der Waals surface area contributed by atoms with Crippen LogP contribution in [0.25, 0.3) is 0 Å². The van der Waals surface area contributed by atoms with E-state index < -0.39 is 0 Å². The third-order valence-corrected chi connectivity index (χ3v) is 2.23. The lowest BCUT2D eigenvalue weighted by molar-refractivity contribution is 0.602. The zero-order chi connectivity index (χ0) is 8.97. The topological polar surface area (TPSA) is 24.9 Å². The molecule has 1 atom stereocenters. The summed E-state index contributed by atoms with van der Waals surface area (Å²) < 4.78 is 0. The van der Waals surface area contributed by atoms with Gasteiger partial charge in [0.15, 0.2) is 0 Å². The second-order valence-electron chi connectivity index (χ2n) is 2.53. The molecule has 0 saturated carbocycles. The first-order valence-corrected chi connectivity index (χ1v) is 4.97. The smallest absolute Gasteiger partial charge is 0.0795 e. The van der Waals surface area contributed by atoms with E-state index in [0.29, 0.717) is 11.6 Å². The van der Waals surface area contributed by atoms with Crippen molar-refractivity contribution in [2.45, 2.75) is 13.0 Å². The maximum Gasteiger partial charge on any atom is 0.0795 e. The zero-order valence-electron chi connectivity index (χ0n) is 6.88. The minimum absolute atomic E-state index is 0.242. The Kier molecular flexibility index (Phi) is 3.72. The summed E-state index contributed by atoms with van der Waals surface area (Å²) in [5.41, 5.74) is 2.88. The molecule has 0 radical (unpaired) electrons. The molecule has 0 aromatic carbocycles. The monoisotopic (exact) mass is 202 g/mol. The lowest BCUT2D eigenvalue weighted by Crippen LogP contribution is -2.19. The highest BCUT2D eigenvalue weighted by Gasteiger charge is 2.05. The lowest BCUT2D eigenvalue weighted by atomic mass is 10.2. The van der Waals surface area contributed by atoms with Crippen LogP contribution in [0.2, 0.25) is 0 Å². The average molecular weight is 203 g/mol. The molecule has 0 aliphatic heterocycles. The van der Waals surface area contributed by atoms with Gasteiger partial charge in [-0.25, -0.2) is 4.98 Å². The van der Waals surface area contributed by atoms with Crippen molar-refractivity contribution in [1.82, 2.24) is 10.3 Å². The fourth-order valence-corrected chi connectivity index (χ4v) is 1.53. The second-order valence-corrected chi connectivity index (χ2v) is 3.79. The number of nitrogens with zero attached hydrogens (tertiary/aromatic N) is 1. The lowest BCUT2D eigenvalue weighted by Gasteiger charge is -2.09. The van der Waals surface area contributed by atoms with E-state index in [1.54, 1.807) is 11.3 Å². The van der Waals surface area contributed by atoms with Crippen LogP contribution in [-0.4, -0.2) is 11.5 Å². The van der Waals surface area contributed by atoms with Gasteiger partial charge in [-0.15, -0.1) is 11.3 Å². The Hall–Kier alpha value is -0.380. The SMILES string of the molecule is C=C(Cl)CNC(C)c1cscn1. The molecular weight excluding hydrogens is 192 g/mol. The van der Waals surface area contributed by atoms with Gasteiger partial charge in [-0.3, -0.25) is 0 Å². The van der Waals surface area contributed by atoms with Gasteiger partial charge in [0.1, 0.15) is 0 Å². The number of hydrogen-bond donors (Lipinski definition) is 1. The molecule has 1 aromatic heterocycles. The van der Waals surface area contributed by atoms with Gasteiger partial charge in [-0.2, -0.15) is 0 Å². The van der Waals surface area contributed by atoms with Crippen LogP contribution < -0.4 is 5.32 Å². The molecular formula is C8H11ClN2S. The quantitative estimate of drug-likeness (QED) is 0.812. The molecule has 12 heavy (non-hydrogen) atoms. The minimum Gasteiger partial charge on any atom is -0.304 e. The van der Waals surface area contributed by atoms with Crippen molar-refractivity contribution in [3.05, 3.63) is 28.2 Å². The Balaban J connectivity index is 2.39. The Morgan fingerprint density at radius 3 is 3.17 bits per heavy atom. The summed E-state index contributed by atoms with van der Waals surface area (Å²) in [5, 5.41) is 5.84. The number of halogens is 1. The number of rotatable bonds is 4. The Morgan fingerprint density at radius 2 is 2.67 bits per heavy atom. The van der Waals surface area contributed by atoms with Crippen LogP contribution in [0, 0.1) is 0 Å². The van der Waals surface area contributed by atoms with Crippen molar-refractivity contribution in [3.8, 4) is 0 Å². The van der Waals surface area contributed by atoms with E-state index >= 15 is 0 Å². The average Bonchev–Trinajstić information content (AvgIpc) is 2.51. The van der Waals surface area contributed by atoms with Gasteiger partial charge in [0.05, 0.1) is 11.2 Å². The summed E-state index contributed by atoms with van der Waals surface area (Å²) in [6, 6.07) is 0.242. The first-order chi connectivity index (χ1) is 5.70. The normalized spacial score (nSPS) is 12.8. The van der Waals surface area contributed by atoms with Crippen molar-refractivity contribution >= 4 is 22.9 Å². The van der Waals surface area contributed by atoms with Crippen molar-refractivity contribution in [2.75, 3.05) is 6.54 Å². The molecule has 0 saturated heterocycles. The molecule has 0 bridgehead atoms. The predicted octanol–water partition coefficient (Wildman–Crippen LogP) is 2.55. The maximum atomic E-state index is 5.61. The van der Waals surface area contributed by atoms with Crippen LogP contribution in [0.3, 0.4) is 0 Å². The summed E-state index contributed by atoms with van der Waals surface area (Å²) in [5.74, 6) is 0. The molecule has 1 aromatic rings. The second kappa shape index (κ2) is 4.60. The molecule has 0 spiro atoms. The summed E-state index contributed by atoms with van der Waals surface area (Å²) in [6.45, 7) is 6.27.